The third kappa shape index (κ3) is 5.53. The standard InChI is InChI=1S/C19H29N3O3/c1-20-19(21-11-6-12-23-15-7-2-3-8-15)22-13-16-14-24-17-9-4-5-10-18(17)25-16/h4-5,9-10,15-16H,2-3,6-8,11-14H2,1H3,(H2,20,21,22). The highest BCUT2D eigenvalue weighted by molar-refractivity contribution is 5.79. The van der Waals surface area contributed by atoms with Gasteiger partial charge in [0.2, 0.25) is 0 Å². The Labute approximate surface area is 149 Å². The summed E-state index contributed by atoms with van der Waals surface area (Å²) in [7, 11) is 1.78. The van der Waals surface area contributed by atoms with E-state index in [1.54, 1.807) is 7.05 Å². The maximum Gasteiger partial charge on any atom is 0.191 e. The summed E-state index contributed by atoms with van der Waals surface area (Å²) in [5.74, 6) is 2.39. The van der Waals surface area contributed by atoms with Crippen molar-refractivity contribution in [1.82, 2.24) is 10.6 Å². The number of hydrogen-bond acceptors (Lipinski definition) is 4. The maximum atomic E-state index is 5.94. The molecular weight excluding hydrogens is 318 g/mol. The minimum absolute atomic E-state index is 0.0286. The molecule has 3 rings (SSSR count). The van der Waals surface area contributed by atoms with Gasteiger partial charge in [0.1, 0.15) is 12.7 Å². The number of ether oxygens (including phenoxy) is 3. The molecule has 1 saturated carbocycles. The molecule has 1 fully saturated rings. The molecule has 1 heterocycles. The summed E-state index contributed by atoms with van der Waals surface area (Å²) in [6.45, 7) is 2.84. The van der Waals surface area contributed by atoms with E-state index in [0.717, 1.165) is 37.0 Å². The average molecular weight is 347 g/mol. The van der Waals surface area contributed by atoms with Crippen LogP contribution in [0.15, 0.2) is 29.3 Å². The summed E-state index contributed by atoms with van der Waals surface area (Å²) >= 11 is 0. The van der Waals surface area contributed by atoms with Gasteiger partial charge in [0.15, 0.2) is 17.5 Å². The largest absolute Gasteiger partial charge is 0.486 e. The van der Waals surface area contributed by atoms with Gasteiger partial charge in [-0.3, -0.25) is 4.99 Å². The zero-order valence-corrected chi connectivity index (χ0v) is 15.0. The van der Waals surface area contributed by atoms with Crippen LogP contribution < -0.4 is 20.1 Å². The van der Waals surface area contributed by atoms with E-state index in [9.17, 15) is 0 Å². The minimum atomic E-state index is -0.0286. The van der Waals surface area contributed by atoms with Gasteiger partial charge in [0, 0.05) is 20.2 Å². The Morgan fingerprint density at radius 1 is 1.20 bits per heavy atom. The zero-order valence-electron chi connectivity index (χ0n) is 15.0. The molecule has 6 heteroatoms. The van der Waals surface area contributed by atoms with Gasteiger partial charge in [-0.15, -0.1) is 0 Å². The fourth-order valence-corrected chi connectivity index (χ4v) is 3.18. The Morgan fingerprint density at radius 2 is 2.00 bits per heavy atom. The number of fused-ring (bicyclic) bond motifs is 1. The van der Waals surface area contributed by atoms with Crippen LogP contribution in [0.5, 0.6) is 11.5 Å². The van der Waals surface area contributed by atoms with Gasteiger partial charge in [0.05, 0.1) is 12.6 Å². The number of para-hydroxylation sites is 2. The quantitative estimate of drug-likeness (QED) is 0.450. The Bertz CT molecular complexity index is 559. The van der Waals surface area contributed by atoms with E-state index in [2.05, 4.69) is 15.6 Å². The number of aliphatic imine (C=N–C) groups is 1. The molecule has 1 aliphatic carbocycles. The van der Waals surface area contributed by atoms with Crippen molar-refractivity contribution in [1.29, 1.82) is 0 Å². The van der Waals surface area contributed by atoms with Gasteiger partial charge in [-0.05, 0) is 31.4 Å². The van der Waals surface area contributed by atoms with E-state index in [-0.39, 0.29) is 6.10 Å². The number of guanidine groups is 1. The lowest BCUT2D eigenvalue weighted by atomic mass is 10.2. The van der Waals surface area contributed by atoms with Crippen LogP contribution in [0.1, 0.15) is 32.1 Å². The maximum absolute atomic E-state index is 5.94. The lowest BCUT2D eigenvalue weighted by Gasteiger charge is -2.27. The van der Waals surface area contributed by atoms with Crippen molar-refractivity contribution in [2.24, 2.45) is 4.99 Å². The van der Waals surface area contributed by atoms with Crippen molar-refractivity contribution >= 4 is 5.96 Å². The zero-order chi connectivity index (χ0) is 17.3. The normalized spacial score (nSPS) is 20.5. The van der Waals surface area contributed by atoms with Crippen molar-refractivity contribution in [3.8, 4) is 11.5 Å². The Hall–Kier alpha value is -1.95. The molecular formula is C19H29N3O3. The highest BCUT2D eigenvalue weighted by atomic mass is 16.6. The minimum Gasteiger partial charge on any atom is -0.486 e. The summed E-state index contributed by atoms with van der Waals surface area (Å²) in [6, 6.07) is 7.75. The van der Waals surface area contributed by atoms with E-state index >= 15 is 0 Å². The van der Waals surface area contributed by atoms with Gasteiger partial charge >= 0.3 is 0 Å². The third-order valence-electron chi connectivity index (χ3n) is 4.56. The summed E-state index contributed by atoms with van der Waals surface area (Å²) in [5.41, 5.74) is 0. The topological polar surface area (TPSA) is 64.1 Å². The molecule has 0 bridgehead atoms. The molecule has 0 amide bonds. The van der Waals surface area contributed by atoms with Crippen LogP contribution in [-0.2, 0) is 4.74 Å². The van der Waals surface area contributed by atoms with Gasteiger partial charge in [-0.1, -0.05) is 25.0 Å². The Morgan fingerprint density at radius 3 is 2.80 bits per heavy atom. The highest BCUT2D eigenvalue weighted by Crippen LogP contribution is 2.30. The molecule has 25 heavy (non-hydrogen) atoms. The van der Waals surface area contributed by atoms with Crippen molar-refractivity contribution in [2.45, 2.75) is 44.3 Å². The molecule has 2 N–H and O–H groups in total. The molecule has 0 radical (unpaired) electrons. The summed E-state index contributed by atoms with van der Waals surface area (Å²) < 4.78 is 17.5. The number of hydrogen-bond donors (Lipinski definition) is 2. The second-order valence-corrected chi connectivity index (χ2v) is 6.51. The smallest absolute Gasteiger partial charge is 0.191 e. The van der Waals surface area contributed by atoms with E-state index in [4.69, 9.17) is 14.2 Å². The van der Waals surface area contributed by atoms with E-state index in [1.807, 2.05) is 24.3 Å². The SMILES string of the molecule is CN=C(NCCCOC1CCCC1)NCC1COc2ccccc2O1. The lowest BCUT2D eigenvalue weighted by Crippen LogP contribution is -2.45. The van der Waals surface area contributed by atoms with Crippen molar-refractivity contribution in [2.75, 3.05) is 33.4 Å². The van der Waals surface area contributed by atoms with Crippen LogP contribution in [0.3, 0.4) is 0 Å². The third-order valence-corrected chi connectivity index (χ3v) is 4.56. The van der Waals surface area contributed by atoms with Crippen LogP contribution in [0.4, 0.5) is 0 Å². The van der Waals surface area contributed by atoms with E-state index in [1.165, 1.54) is 25.7 Å². The fraction of sp³-hybridized carbons (Fsp3) is 0.632. The lowest BCUT2D eigenvalue weighted by molar-refractivity contribution is 0.0573. The van der Waals surface area contributed by atoms with Crippen LogP contribution in [0.2, 0.25) is 0 Å². The molecule has 6 nitrogen and oxygen atoms in total. The van der Waals surface area contributed by atoms with Crippen LogP contribution in [0, 0.1) is 0 Å². The molecule has 138 valence electrons. The molecule has 1 aromatic carbocycles. The van der Waals surface area contributed by atoms with Crippen molar-refractivity contribution in [3.05, 3.63) is 24.3 Å². The monoisotopic (exact) mass is 347 g/mol. The first-order valence-electron chi connectivity index (χ1n) is 9.30. The predicted molar refractivity (Wildman–Crippen MR) is 98.5 cm³/mol. The van der Waals surface area contributed by atoms with Gasteiger partial charge in [-0.2, -0.15) is 0 Å². The van der Waals surface area contributed by atoms with Crippen molar-refractivity contribution < 1.29 is 14.2 Å². The summed E-state index contributed by atoms with van der Waals surface area (Å²) in [6.07, 6.45) is 6.52. The average Bonchev–Trinajstić information content (AvgIpc) is 3.17. The molecule has 2 aliphatic rings. The highest BCUT2D eigenvalue weighted by Gasteiger charge is 2.20. The van der Waals surface area contributed by atoms with E-state index < -0.39 is 0 Å². The Balaban J connectivity index is 1.30. The van der Waals surface area contributed by atoms with Gasteiger partial charge in [-0.25, -0.2) is 0 Å². The second-order valence-electron chi connectivity index (χ2n) is 6.51. The molecule has 1 atom stereocenters. The molecule has 1 aromatic rings. The Kier molecular flexibility index (Phi) is 6.79. The van der Waals surface area contributed by atoms with Crippen molar-refractivity contribution in [3.63, 3.8) is 0 Å². The second kappa shape index (κ2) is 9.51. The summed E-state index contributed by atoms with van der Waals surface area (Å²) in [5, 5.41) is 6.61. The molecule has 0 aromatic heterocycles. The summed E-state index contributed by atoms with van der Waals surface area (Å²) in [4.78, 5) is 4.25. The first kappa shape index (κ1) is 17.9. The van der Waals surface area contributed by atoms with E-state index in [0.29, 0.717) is 19.3 Å². The molecule has 0 spiro atoms. The first-order valence-corrected chi connectivity index (χ1v) is 9.30. The van der Waals surface area contributed by atoms with Crippen LogP contribution in [0.25, 0.3) is 0 Å². The van der Waals surface area contributed by atoms with Gasteiger partial charge in [0.25, 0.3) is 0 Å². The van der Waals surface area contributed by atoms with Crippen LogP contribution >= 0.6 is 0 Å². The fourth-order valence-electron chi connectivity index (χ4n) is 3.18. The number of rotatable bonds is 7. The van der Waals surface area contributed by atoms with Gasteiger partial charge < -0.3 is 24.8 Å². The first-order chi connectivity index (χ1) is 12.3. The van der Waals surface area contributed by atoms with Crippen LogP contribution in [-0.4, -0.2) is 51.5 Å². The number of nitrogens with one attached hydrogen (secondary N) is 2. The molecule has 0 saturated heterocycles. The predicted octanol–water partition coefficient (Wildman–Crippen LogP) is 2.34. The molecule has 1 unspecified atom stereocenters. The number of benzene rings is 1. The number of nitrogens with zero attached hydrogens (tertiary/aromatic N) is 1. The molecule has 1 aliphatic heterocycles.